The molecule has 0 spiro atoms. The van der Waals surface area contributed by atoms with Crippen LogP contribution in [-0.2, 0) is 4.79 Å². The molecule has 18 heavy (non-hydrogen) atoms. The van der Waals surface area contributed by atoms with E-state index in [2.05, 4.69) is 5.32 Å². The standard InChI is InChI=1S/C16H21NO/c1-13(12-14-8-4-2-5-9-14)16(18)17-15-10-6-3-7-11-15/h2,4-5,8-9,12,15H,3,6-7,10-11H2,1H3,(H,17,18). The average Bonchev–Trinajstić information content (AvgIpc) is 2.41. The Hall–Kier alpha value is -1.57. The fraction of sp³-hybridized carbons (Fsp3) is 0.438. The van der Waals surface area contributed by atoms with Gasteiger partial charge in [-0.05, 0) is 31.4 Å². The van der Waals surface area contributed by atoms with E-state index in [0.29, 0.717) is 6.04 Å². The van der Waals surface area contributed by atoms with E-state index in [4.69, 9.17) is 0 Å². The highest BCUT2D eigenvalue weighted by molar-refractivity contribution is 5.97. The van der Waals surface area contributed by atoms with E-state index in [1.54, 1.807) is 0 Å². The van der Waals surface area contributed by atoms with Gasteiger partial charge in [-0.2, -0.15) is 0 Å². The van der Waals surface area contributed by atoms with Crippen molar-refractivity contribution in [2.75, 3.05) is 0 Å². The maximum Gasteiger partial charge on any atom is 0.247 e. The van der Waals surface area contributed by atoms with Crippen LogP contribution in [0.2, 0.25) is 0 Å². The van der Waals surface area contributed by atoms with Crippen molar-refractivity contribution < 1.29 is 4.79 Å². The molecule has 1 N–H and O–H groups in total. The summed E-state index contributed by atoms with van der Waals surface area (Å²) in [5, 5.41) is 3.13. The summed E-state index contributed by atoms with van der Waals surface area (Å²) < 4.78 is 0. The molecule has 1 aliphatic rings. The third-order valence-electron chi connectivity index (χ3n) is 3.48. The Balaban J connectivity index is 1.93. The molecule has 2 nitrogen and oxygen atoms in total. The van der Waals surface area contributed by atoms with Crippen LogP contribution in [0.4, 0.5) is 0 Å². The molecule has 2 rings (SSSR count). The van der Waals surface area contributed by atoms with Crippen LogP contribution >= 0.6 is 0 Å². The Bertz CT molecular complexity index is 416. The third-order valence-corrected chi connectivity index (χ3v) is 3.48. The number of carbonyl (C=O) groups is 1. The largest absolute Gasteiger partial charge is 0.350 e. The van der Waals surface area contributed by atoms with Crippen LogP contribution in [0.15, 0.2) is 35.9 Å². The van der Waals surface area contributed by atoms with E-state index in [1.807, 2.05) is 43.3 Å². The van der Waals surface area contributed by atoms with Crippen molar-refractivity contribution in [1.29, 1.82) is 0 Å². The minimum atomic E-state index is 0.0748. The van der Waals surface area contributed by atoms with E-state index < -0.39 is 0 Å². The summed E-state index contributed by atoms with van der Waals surface area (Å²) in [7, 11) is 0. The zero-order chi connectivity index (χ0) is 12.8. The van der Waals surface area contributed by atoms with Gasteiger partial charge in [-0.3, -0.25) is 4.79 Å². The molecule has 2 heteroatoms. The number of amides is 1. The zero-order valence-electron chi connectivity index (χ0n) is 11.0. The topological polar surface area (TPSA) is 29.1 Å². The first kappa shape index (κ1) is 12.9. The van der Waals surface area contributed by atoms with Crippen LogP contribution < -0.4 is 5.32 Å². The molecule has 1 fully saturated rings. The van der Waals surface area contributed by atoms with E-state index >= 15 is 0 Å². The van der Waals surface area contributed by atoms with Gasteiger partial charge in [0.25, 0.3) is 0 Å². The summed E-state index contributed by atoms with van der Waals surface area (Å²) in [6.45, 7) is 1.88. The van der Waals surface area contributed by atoms with Crippen molar-refractivity contribution in [2.24, 2.45) is 0 Å². The molecule has 0 heterocycles. The monoisotopic (exact) mass is 243 g/mol. The molecule has 1 amide bonds. The summed E-state index contributed by atoms with van der Waals surface area (Å²) in [6, 6.07) is 10.4. The van der Waals surface area contributed by atoms with Gasteiger partial charge in [0.2, 0.25) is 5.91 Å². The summed E-state index contributed by atoms with van der Waals surface area (Å²) in [6.07, 6.45) is 8.00. The van der Waals surface area contributed by atoms with Gasteiger partial charge < -0.3 is 5.32 Å². The maximum absolute atomic E-state index is 12.0. The molecule has 1 aromatic rings. The van der Waals surface area contributed by atoms with E-state index in [-0.39, 0.29) is 5.91 Å². The van der Waals surface area contributed by atoms with Gasteiger partial charge >= 0.3 is 0 Å². The molecule has 0 atom stereocenters. The molecule has 0 aliphatic heterocycles. The maximum atomic E-state index is 12.0. The first-order valence-corrected chi connectivity index (χ1v) is 6.80. The Labute approximate surface area is 109 Å². The van der Waals surface area contributed by atoms with Crippen LogP contribution in [-0.4, -0.2) is 11.9 Å². The second kappa shape index (κ2) is 6.39. The van der Waals surface area contributed by atoms with Gasteiger partial charge in [-0.1, -0.05) is 49.6 Å². The number of benzene rings is 1. The van der Waals surface area contributed by atoms with Crippen LogP contribution in [0.25, 0.3) is 6.08 Å². The van der Waals surface area contributed by atoms with Crippen LogP contribution in [0.5, 0.6) is 0 Å². The van der Waals surface area contributed by atoms with Crippen molar-refractivity contribution >= 4 is 12.0 Å². The Morgan fingerprint density at radius 2 is 1.83 bits per heavy atom. The first-order valence-electron chi connectivity index (χ1n) is 6.80. The summed E-state index contributed by atoms with van der Waals surface area (Å²) in [5.41, 5.74) is 1.86. The second-order valence-corrected chi connectivity index (χ2v) is 5.05. The number of carbonyl (C=O) groups excluding carboxylic acids is 1. The van der Waals surface area contributed by atoms with Gasteiger partial charge in [0.1, 0.15) is 0 Å². The fourth-order valence-electron chi connectivity index (χ4n) is 2.41. The van der Waals surface area contributed by atoms with Crippen LogP contribution in [0, 0.1) is 0 Å². The lowest BCUT2D eigenvalue weighted by Crippen LogP contribution is -2.36. The molecule has 1 aromatic carbocycles. The van der Waals surface area contributed by atoms with E-state index in [1.165, 1.54) is 19.3 Å². The molecule has 0 unspecified atom stereocenters. The quantitative estimate of drug-likeness (QED) is 0.808. The number of hydrogen-bond donors (Lipinski definition) is 1. The molecular weight excluding hydrogens is 222 g/mol. The third kappa shape index (κ3) is 3.73. The second-order valence-electron chi connectivity index (χ2n) is 5.05. The Morgan fingerprint density at radius 1 is 1.17 bits per heavy atom. The Kier molecular flexibility index (Phi) is 4.57. The fourth-order valence-corrected chi connectivity index (χ4v) is 2.41. The first-order chi connectivity index (χ1) is 8.75. The predicted molar refractivity (Wildman–Crippen MR) is 75.1 cm³/mol. The lowest BCUT2D eigenvalue weighted by atomic mass is 9.95. The van der Waals surface area contributed by atoms with Gasteiger partial charge in [0.15, 0.2) is 0 Å². The van der Waals surface area contributed by atoms with Gasteiger partial charge in [0.05, 0.1) is 0 Å². The Morgan fingerprint density at radius 3 is 2.50 bits per heavy atom. The van der Waals surface area contributed by atoms with Gasteiger partial charge in [-0.15, -0.1) is 0 Å². The summed E-state index contributed by atoms with van der Waals surface area (Å²) >= 11 is 0. The number of rotatable bonds is 3. The molecule has 0 bridgehead atoms. The zero-order valence-corrected chi connectivity index (χ0v) is 11.0. The minimum Gasteiger partial charge on any atom is -0.350 e. The molecule has 1 aliphatic carbocycles. The lowest BCUT2D eigenvalue weighted by Gasteiger charge is -2.22. The van der Waals surface area contributed by atoms with E-state index in [0.717, 1.165) is 24.0 Å². The normalized spacial score (nSPS) is 17.5. The predicted octanol–water partition coefficient (Wildman–Crippen LogP) is 3.54. The molecule has 0 radical (unpaired) electrons. The number of hydrogen-bond acceptors (Lipinski definition) is 1. The van der Waals surface area contributed by atoms with Crippen LogP contribution in [0.1, 0.15) is 44.6 Å². The average molecular weight is 243 g/mol. The lowest BCUT2D eigenvalue weighted by molar-refractivity contribution is -0.118. The molecule has 0 aromatic heterocycles. The number of nitrogens with one attached hydrogen (secondary N) is 1. The minimum absolute atomic E-state index is 0.0748. The van der Waals surface area contributed by atoms with Crippen molar-refractivity contribution in [3.05, 3.63) is 41.5 Å². The molecule has 1 saturated carbocycles. The van der Waals surface area contributed by atoms with Gasteiger partial charge in [-0.25, -0.2) is 0 Å². The highest BCUT2D eigenvalue weighted by atomic mass is 16.1. The molecular formula is C16H21NO. The molecule has 0 saturated heterocycles. The smallest absolute Gasteiger partial charge is 0.247 e. The van der Waals surface area contributed by atoms with Crippen molar-refractivity contribution in [1.82, 2.24) is 5.32 Å². The van der Waals surface area contributed by atoms with Crippen LogP contribution in [0.3, 0.4) is 0 Å². The van der Waals surface area contributed by atoms with Gasteiger partial charge in [0, 0.05) is 11.6 Å². The van der Waals surface area contributed by atoms with Crippen molar-refractivity contribution in [2.45, 2.75) is 45.1 Å². The van der Waals surface area contributed by atoms with Crippen molar-refractivity contribution in [3.8, 4) is 0 Å². The molecule has 96 valence electrons. The summed E-state index contributed by atoms with van der Waals surface area (Å²) in [4.78, 5) is 12.0. The SMILES string of the molecule is CC(=Cc1ccccc1)C(=O)NC1CCCCC1. The highest BCUT2D eigenvalue weighted by Gasteiger charge is 2.16. The highest BCUT2D eigenvalue weighted by Crippen LogP contribution is 2.18. The van der Waals surface area contributed by atoms with Crippen molar-refractivity contribution in [3.63, 3.8) is 0 Å². The summed E-state index contributed by atoms with van der Waals surface area (Å²) in [5.74, 6) is 0.0748. The van der Waals surface area contributed by atoms with E-state index in [9.17, 15) is 4.79 Å².